The summed E-state index contributed by atoms with van der Waals surface area (Å²) >= 11 is 0. The summed E-state index contributed by atoms with van der Waals surface area (Å²) in [6.45, 7) is 3.49. The molecule has 21 heavy (non-hydrogen) atoms. The standard InChI is InChI=1S/C17H25NO3/c1-14-5-2-8-16(13-14)21-12-9-17(20)18-10-3-6-15(18)7-4-11-19/h2,5,8,13,15,19H,3-4,6-7,9-12H2,1H3. The Morgan fingerprint density at radius 3 is 3.10 bits per heavy atom. The second-order valence-corrected chi connectivity index (χ2v) is 5.66. The van der Waals surface area contributed by atoms with Gasteiger partial charge in [0.05, 0.1) is 13.0 Å². The molecule has 4 nitrogen and oxygen atoms in total. The Balaban J connectivity index is 1.76. The molecule has 0 radical (unpaired) electrons. The molecule has 1 heterocycles. The van der Waals surface area contributed by atoms with Crippen LogP contribution in [0.2, 0.25) is 0 Å². The number of aliphatic hydroxyl groups excluding tert-OH is 1. The lowest BCUT2D eigenvalue weighted by molar-refractivity contribution is -0.132. The number of nitrogens with zero attached hydrogens (tertiary/aromatic N) is 1. The van der Waals surface area contributed by atoms with Gasteiger partial charge in [-0.3, -0.25) is 4.79 Å². The molecular weight excluding hydrogens is 266 g/mol. The van der Waals surface area contributed by atoms with E-state index in [4.69, 9.17) is 9.84 Å². The first-order valence-electron chi connectivity index (χ1n) is 7.80. The predicted molar refractivity (Wildman–Crippen MR) is 82.3 cm³/mol. The SMILES string of the molecule is Cc1cccc(OCCC(=O)N2CCCC2CCCO)c1. The van der Waals surface area contributed by atoms with Crippen LogP contribution in [0, 0.1) is 6.92 Å². The zero-order valence-electron chi connectivity index (χ0n) is 12.8. The van der Waals surface area contributed by atoms with Gasteiger partial charge in [0.25, 0.3) is 0 Å². The summed E-state index contributed by atoms with van der Waals surface area (Å²) in [5, 5.41) is 8.92. The molecular formula is C17H25NO3. The van der Waals surface area contributed by atoms with Gasteiger partial charge in [0.2, 0.25) is 5.91 Å². The van der Waals surface area contributed by atoms with Crippen molar-refractivity contribution in [2.45, 2.75) is 45.1 Å². The fourth-order valence-electron chi connectivity index (χ4n) is 2.90. The van der Waals surface area contributed by atoms with E-state index in [0.717, 1.165) is 43.5 Å². The van der Waals surface area contributed by atoms with Gasteiger partial charge in [-0.2, -0.15) is 0 Å². The van der Waals surface area contributed by atoms with E-state index in [1.165, 1.54) is 0 Å². The number of aryl methyl sites for hydroxylation is 1. The number of hydrogen-bond acceptors (Lipinski definition) is 3. The molecule has 2 rings (SSSR count). The number of carbonyl (C=O) groups excluding carboxylic acids is 1. The molecule has 1 fully saturated rings. The Hall–Kier alpha value is -1.55. The van der Waals surface area contributed by atoms with Crippen molar-refractivity contribution in [3.63, 3.8) is 0 Å². The molecule has 116 valence electrons. The molecule has 0 aromatic heterocycles. The molecule has 1 unspecified atom stereocenters. The normalized spacial score (nSPS) is 18.0. The highest BCUT2D eigenvalue weighted by molar-refractivity contribution is 5.77. The first-order chi connectivity index (χ1) is 10.2. The Morgan fingerprint density at radius 2 is 2.33 bits per heavy atom. The van der Waals surface area contributed by atoms with Crippen molar-refractivity contribution in [2.75, 3.05) is 19.8 Å². The third-order valence-corrected chi connectivity index (χ3v) is 3.97. The highest BCUT2D eigenvalue weighted by Crippen LogP contribution is 2.22. The fourth-order valence-corrected chi connectivity index (χ4v) is 2.90. The summed E-state index contributed by atoms with van der Waals surface area (Å²) in [6.07, 6.45) is 4.23. The molecule has 0 spiro atoms. The van der Waals surface area contributed by atoms with Crippen LogP contribution in [0.15, 0.2) is 24.3 Å². The lowest BCUT2D eigenvalue weighted by atomic mass is 10.1. The number of ether oxygens (including phenoxy) is 1. The third kappa shape index (κ3) is 4.74. The molecule has 4 heteroatoms. The second-order valence-electron chi connectivity index (χ2n) is 5.66. The Bertz CT molecular complexity index is 461. The van der Waals surface area contributed by atoms with Gasteiger partial charge in [-0.1, -0.05) is 12.1 Å². The van der Waals surface area contributed by atoms with E-state index < -0.39 is 0 Å². The minimum absolute atomic E-state index is 0.170. The number of rotatable bonds is 7. The Labute approximate surface area is 126 Å². The van der Waals surface area contributed by atoms with Crippen LogP contribution in [-0.2, 0) is 4.79 Å². The molecule has 1 amide bonds. The van der Waals surface area contributed by atoms with Crippen molar-refractivity contribution >= 4 is 5.91 Å². The summed E-state index contributed by atoms with van der Waals surface area (Å²) in [5.41, 5.74) is 1.16. The van der Waals surface area contributed by atoms with E-state index in [1.807, 2.05) is 36.1 Å². The van der Waals surface area contributed by atoms with Crippen LogP contribution in [0.25, 0.3) is 0 Å². The van der Waals surface area contributed by atoms with Gasteiger partial charge >= 0.3 is 0 Å². The first kappa shape index (κ1) is 15.8. The van der Waals surface area contributed by atoms with Crippen LogP contribution in [0.3, 0.4) is 0 Å². The first-order valence-corrected chi connectivity index (χ1v) is 7.80. The lowest BCUT2D eigenvalue weighted by Gasteiger charge is -2.24. The molecule has 1 aliphatic rings. The van der Waals surface area contributed by atoms with Gasteiger partial charge in [-0.25, -0.2) is 0 Å². The van der Waals surface area contributed by atoms with Crippen LogP contribution < -0.4 is 4.74 Å². The minimum atomic E-state index is 0.170. The Morgan fingerprint density at radius 1 is 1.48 bits per heavy atom. The second kappa shape index (κ2) is 8.03. The summed E-state index contributed by atoms with van der Waals surface area (Å²) in [7, 11) is 0. The van der Waals surface area contributed by atoms with Crippen LogP contribution in [-0.4, -0.2) is 41.7 Å². The smallest absolute Gasteiger partial charge is 0.226 e. The monoisotopic (exact) mass is 291 g/mol. The van der Waals surface area contributed by atoms with Crippen LogP contribution in [0.5, 0.6) is 5.75 Å². The quantitative estimate of drug-likeness (QED) is 0.840. The van der Waals surface area contributed by atoms with E-state index in [-0.39, 0.29) is 12.5 Å². The van der Waals surface area contributed by atoms with E-state index in [9.17, 15) is 4.79 Å². The summed E-state index contributed by atoms with van der Waals surface area (Å²) in [5.74, 6) is 0.990. The molecule has 0 saturated carbocycles. The summed E-state index contributed by atoms with van der Waals surface area (Å²) < 4.78 is 5.65. The molecule has 1 N–H and O–H groups in total. The summed E-state index contributed by atoms with van der Waals surface area (Å²) in [6, 6.07) is 8.18. The van der Waals surface area contributed by atoms with Crippen LogP contribution in [0.4, 0.5) is 0 Å². The molecule has 1 aliphatic heterocycles. The topological polar surface area (TPSA) is 49.8 Å². The van der Waals surface area contributed by atoms with Gasteiger partial charge in [0, 0.05) is 19.2 Å². The number of benzene rings is 1. The number of amides is 1. The maximum Gasteiger partial charge on any atom is 0.226 e. The zero-order valence-corrected chi connectivity index (χ0v) is 12.8. The Kier molecular flexibility index (Phi) is 6.05. The third-order valence-electron chi connectivity index (χ3n) is 3.97. The van der Waals surface area contributed by atoms with Crippen molar-refractivity contribution in [2.24, 2.45) is 0 Å². The van der Waals surface area contributed by atoms with E-state index in [0.29, 0.717) is 19.1 Å². The van der Waals surface area contributed by atoms with E-state index in [1.54, 1.807) is 0 Å². The average Bonchev–Trinajstić information content (AvgIpc) is 2.93. The number of aliphatic hydroxyl groups is 1. The van der Waals surface area contributed by atoms with Gasteiger partial charge < -0.3 is 14.7 Å². The van der Waals surface area contributed by atoms with Gasteiger partial charge in [-0.05, 0) is 50.3 Å². The lowest BCUT2D eigenvalue weighted by Crippen LogP contribution is -2.36. The van der Waals surface area contributed by atoms with E-state index >= 15 is 0 Å². The molecule has 1 aromatic rings. The van der Waals surface area contributed by atoms with Gasteiger partial charge in [-0.15, -0.1) is 0 Å². The molecule has 0 aliphatic carbocycles. The maximum absolute atomic E-state index is 12.3. The van der Waals surface area contributed by atoms with Crippen molar-refractivity contribution in [3.8, 4) is 5.75 Å². The zero-order chi connectivity index (χ0) is 15.1. The van der Waals surface area contributed by atoms with Crippen molar-refractivity contribution in [1.82, 2.24) is 4.90 Å². The van der Waals surface area contributed by atoms with E-state index in [2.05, 4.69) is 0 Å². The number of likely N-dealkylation sites (tertiary alicyclic amines) is 1. The number of carbonyl (C=O) groups is 1. The minimum Gasteiger partial charge on any atom is -0.493 e. The van der Waals surface area contributed by atoms with Crippen LogP contribution >= 0.6 is 0 Å². The summed E-state index contributed by atoms with van der Waals surface area (Å²) in [4.78, 5) is 14.2. The highest BCUT2D eigenvalue weighted by Gasteiger charge is 2.27. The predicted octanol–water partition coefficient (Wildman–Crippen LogP) is 2.53. The molecule has 1 saturated heterocycles. The van der Waals surface area contributed by atoms with Crippen LogP contribution in [0.1, 0.15) is 37.7 Å². The average molecular weight is 291 g/mol. The number of hydrogen-bond donors (Lipinski definition) is 1. The molecule has 1 aromatic carbocycles. The van der Waals surface area contributed by atoms with Crippen molar-refractivity contribution in [1.29, 1.82) is 0 Å². The highest BCUT2D eigenvalue weighted by atomic mass is 16.5. The van der Waals surface area contributed by atoms with Crippen molar-refractivity contribution in [3.05, 3.63) is 29.8 Å². The maximum atomic E-state index is 12.3. The molecule has 0 bridgehead atoms. The van der Waals surface area contributed by atoms with Gasteiger partial charge in [0.15, 0.2) is 0 Å². The molecule has 1 atom stereocenters. The largest absolute Gasteiger partial charge is 0.493 e. The van der Waals surface area contributed by atoms with Crippen molar-refractivity contribution < 1.29 is 14.6 Å². The van der Waals surface area contributed by atoms with Gasteiger partial charge in [0.1, 0.15) is 5.75 Å². The fraction of sp³-hybridized carbons (Fsp3) is 0.588.